The lowest BCUT2D eigenvalue weighted by molar-refractivity contribution is 0.418. The molecule has 1 aliphatic rings. The summed E-state index contributed by atoms with van der Waals surface area (Å²) in [6, 6.07) is 8.62. The molecule has 4 N–H and O–H groups in total. The van der Waals surface area contributed by atoms with Gasteiger partial charge in [-0.2, -0.15) is 0 Å². The van der Waals surface area contributed by atoms with Crippen LogP contribution in [0.25, 0.3) is 0 Å². The molecule has 4 nitrogen and oxygen atoms in total. The van der Waals surface area contributed by atoms with Crippen LogP contribution in [-0.4, -0.2) is 13.0 Å². The molecule has 1 unspecified atom stereocenters. The van der Waals surface area contributed by atoms with E-state index in [0.717, 1.165) is 12.8 Å². The number of rotatable bonds is 4. The second-order valence-electron chi connectivity index (χ2n) is 4.09. The smallest absolute Gasteiger partial charge is 0.109 e. The van der Waals surface area contributed by atoms with E-state index in [0.29, 0.717) is 5.56 Å². The van der Waals surface area contributed by atoms with Gasteiger partial charge in [-0.3, -0.25) is 0 Å². The lowest BCUT2D eigenvalue weighted by Crippen LogP contribution is -2.35. The zero-order valence-electron chi connectivity index (χ0n) is 9.80. The Balaban J connectivity index is 0.00000144. The van der Waals surface area contributed by atoms with Crippen molar-refractivity contribution in [2.24, 2.45) is 5.92 Å². The molecule has 5 heteroatoms. The van der Waals surface area contributed by atoms with Crippen molar-refractivity contribution in [1.82, 2.24) is 6.15 Å². The number of benzene rings is 1. The van der Waals surface area contributed by atoms with Crippen LogP contribution in [0.3, 0.4) is 0 Å². The van der Waals surface area contributed by atoms with Crippen molar-refractivity contribution in [2.75, 3.05) is 0 Å². The van der Waals surface area contributed by atoms with Gasteiger partial charge in [0.15, 0.2) is 0 Å². The fourth-order valence-electron chi connectivity index (χ4n) is 2.18. The molecule has 0 aliphatic heterocycles. The van der Waals surface area contributed by atoms with E-state index in [1.165, 1.54) is 6.08 Å². The van der Waals surface area contributed by atoms with Gasteiger partial charge in [-0.05, 0) is 24.3 Å². The maximum absolute atomic E-state index is 11.5. The SMILES string of the molecule is C=CC(c1ccccc1)(C1CC1)S(=O)(=O)[O-].[NH4+]. The molecule has 0 aromatic heterocycles. The summed E-state index contributed by atoms with van der Waals surface area (Å²) in [6.07, 6.45) is 2.83. The van der Waals surface area contributed by atoms with Crippen LogP contribution < -0.4 is 6.15 Å². The first kappa shape index (κ1) is 13.9. The van der Waals surface area contributed by atoms with Crippen LogP contribution >= 0.6 is 0 Å². The van der Waals surface area contributed by atoms with Gasteiger partial charge in [0.25, 0.3) is 0 Å². The van der Waals surface area contributed by atoms with Gasteiger partial charge in [-0.1, -0.05) is 36.4 Å². The van der Waals surface area contributed by atoms with Gasteiger partial charge in [0.2, 0.25) is 0 Å². The van der Waals surface area contributed by atoms with Crippen LogP contribution in [0.5, 0.6) is 0 Å². The van der Waals surface area contributed by atoms with Crippen molar-refractivity contribution >= 4 is 10.1 Å². The minimum atomic E-state index is -4.43. The van der Waals surface area contributed by atoms with Crippen molar-refractivity contribution in [3.63, 3.8) is 0 Å². The van der Waals surface area contributed by atoms with E-state index in [-0.39, 0.29) is 12.1 Å². The summed E-state index contributed by atoms with van der Waals surface area (Å²) in [5.41, 5.74) is 0.530. The largest absolute Gasteiger partial charge is 0.747 e. The zero-order chi connectivity index (χ0) is 11.8. The average Bonchev–Trinajstić information content (AvgIpc) is 3.04. The Labute approximate surface area is 102 Å². The van der Waals surface area contributed by atoms with Crippen molar-refractivity contribution in [1.29, 1.82) is 0 Å². The minimum Gasteiger partial charge on any atom is -0.747 e. The van der Waals surface area contributed by atoms with Crippen molar-refractivity contribution in [3.05, 3.63) is 48.6 Å². The lowest BCUT2D eigenvalue weighted by Gasteiger charge is -2.34. The molecule has 1 aromatic rings. The molecular formula is C12H17NO3S. The van der Waals surface area contributed by atoms with Crippen LogP contribution in [-0.2, 0) is 14.9 Å². The topological polar surface area (TPSA) is 93.7 Å². The maximum atomic E-state index is 11.5. The molecule has 1 saturated carbocycles. The van der Waals surface area contributed by atoms with E-state index < -0.39 is 14.9 Å². The van der Waals surface area contributed by atoms with Gasteiger partial charge in [0.1, 0.15) is 14.9 Å². The van der Waals surface area contributed by atoms with Crippen molar-refractivity contribution in [2.45, 2.75) is 17.6 Å². The van der Waals surface area contributed by atoms with E-state index in [9.17, 15) is 13.0 Å². The third kappa shape index (κ3) is 2.13. The first-order valence-corrected chi connectivity index (χ1v) is 6.58. The fraction of sp³-hybridized carbons (Fsp3) is 0.333. The predicted molar refractivity (Wildman–Crippen MR) is 66.7 cm³/mol. The van der Waals surface area contributed by atoms with Crippen LogP contribution in [0.1, 0.15) is 18.4 Å². The van der Waals surface area contributed by atoms with Crippen LogP contribution in [0.15, 0.2) is 43.0 Å². The van der Waals surface area contributed by atoms with E-state index in [1.807, 2.05) is 0 Å². The molecular weight excluding hydrogens is 238 g/mol. The van der Waals surface area contributed by atoms with Gasteiger partial charge in [-0.25, -0.2) is 8.42 Å². The second-order valence-corrected chi connectivity index (χ2v) is 5.68. The monoisotopic (exact) mass is 255 g/mol. The summed E-state index contributed by atoms with van der Waals surface area (Å²) >= 11 is 0. The van der Waals surface area contributed by atoms with Crippen LogP contribution in [0.2, 0.25) is 0 Å². The summed E-state index contributed by atoms with van der Waals surface area (Å²) in [7, 11) is -4.43. The van der Waals surface area contributed by atoms with Gasteiger partial charge < -0.3 is 10.7 Å². The molecule has 17 heavy (non-hydrogen) atoms. The lowest BCUT2D eigenvalue weighted by atomic mass is 9.93. The zero-order valence-corrected chi connectivity index (χ0v) is 10.6. The Bertz CT molecular complexity index is 494. The van der Waals surface area contributed by atoms with Crippen molar-refractivity contribution in [3.8, 4) is 0 Å². The number of hydrogen-bond donors (Lipinski definition) is 1. The molecule has 2 rings (SSSR count). The third-order valence-corrected chi connectivity index (χ3v) is 4.69. The summed E-state index contributed by atoms with van der Waals surface area (Å²) in [5, 5.41) is 0. The molecule has 0 radical (unpaired) electrons. The van der Waals surface area contributed by atoms with E-state index in [4.69, 9.17) is 0 Å². The maximum Gasteiger partial charge on any atom is 0.109 e. The van der Waals surface area contributed by atoms with Gasteiger partial charge in [0.05, 0.1) is 0 Å². The summed E-state index contributed by atoms with van der Waals surface area (Å²) in [5.74, 6) is -0.116. The Kier molecular flexibility index (Phi) is 3.76. The highest BCUT2D eigenvalue weighted by atomic mass is 32.2. The fourth-order valence-corrected chi connectivity index (χ4v) is 3.45. The van der Waals surface area contributed by atoms with E-state index in [2.05, 4.69) is 6.58 Å². The van der Waals surface area contributed by atoms with Crippen molar-refractivity contribution < 1.29 is 13.0 Å². The number of quaternary nitrogens is 1. The van der Waals surface area contributed by atoms with Gasteiger partial charge in [0, 0.05) is 0 Å². The summed E-state index contributed by atoms with van der Waals surface area (Å²) in [4.78, 5) is 0. The van der Waals surface area contributed by atoms with Gasteiger partial charge in [-0.15, -0.1) is 6.58 Å². The quantitative estimate of drug-likeness (QED) is 0.661. The van der Waals surface area contributed by atoms with Crippen LogP contribution in [0, 0.1) is 5.92 Å². The average molecular weight is 255 g/mol. The summed E-state index contributed by atoms with van der Waals surface area (Å²) < 4.78 is 33.2. The second kappa shape index (κ2) is 4.60. The molecule has 0 spiro atoms. The Morgan fingerprint density at radius 1 is 1.29 bits per heavy atom. The standard InChI is InChI=1S/C12H14O3S.H3N/c1-2-12(11-8-9-11,16(13,14)15)10-6-4-3-5-7-10;/h2-7,11H,1,8-9H2,(H,13,14,15);1H3. The molecule has 1 aliphatic carbocycles. The third-order valence-electron chi connectivity index (χ3n) is 3.13. The molecule has 0 bridgehead atoms. The Morgan fingerprint density at radius 3 is 2.18 bits per heavy atom. The molecule has 0 saturated heterocycles. The minimum absolute atomic E-state index is 0. The Morgan fingerprint density at radius 2 is 1.82 bits per heavy atom. The van der Waals surface area contributed by atoms with Gasteiger partial charge >= 0.3 is 0 Å². The molecule has 0 amide bonds. The highest BCUT2D eigenvalue weighted by molar-refractivity contribution is 7.87. The normalized spacial score (nSPS) is 18.9. The predicted octanol–water partition coefficient (Wildman–Crippen LogP) is 2.40. The molecule has 1 fully saturated rings. The summed E-state index contributed by atoms with van der Waals surface area (Å²) in [6.45, 7) is 3.56. The molecule has 1 aromatic carbocycles. The molecule has 1 atom stereocenters. The van der Waals surface area contributed by atoms with E-state index in [1.54, 1.807) is 30.3 Å². The Hall–Kier alpha value is -1.17. The number of hydrogen-bond acceptors (Lipinski definition) is 3. The molecule has 0 heterocycles. The highest BCUT2D eigenvalue weighted by Gasteiger charge is 2.49. The first-order valence-electron chi connectivity index (χ1n) is 5.17. The first-order chi connectivity index (χ1) is 7.52. The van der Waals surface area contributed by atoms with Crippen LogP contribution in [0.4, 0.5) is 0 Å². The molecule has 94 valence electrons. The van der Waals surface area contributed by atoms with E-state index >= 15 is 0 Å². The highest BCUT2D eigenvalue weighted by Crippen LogP contribution is 2.51.